The monoisotopic (exact) mass is 341 g/mol. The van der Waals surface area contributed by atoms with E-state index in [-0.39, 0.29) is 0 Å². The van der Waals surface area contributed by atoms with Crippen LogP contribution in [-0.2, 0) is 19.4 Å². The predicted octanol–water partition coefficient (Wildman–Crippen LogP) is 2.61. The molecule has 134 valence electrons. The topological polar surface area (TPSA) is 63.2 Å². The Morgan fingerprint density at radius 2 is 2.04 bits per heavy atom. The van der Waals surface area contributed by atoms with Gasteiger partial charge in [-0.15, -0.1) is 0 Å². The summed E-state index contributed by atoms with van der Waals surface area (Å²) in [5.41, 5.74) is 3.63. The molecule has 0 unspecified atom stereocenters. The Balaban J connectivity index is 1.65. The minimum atomic E-state index is 0.634. The normalized spacial score (nSPS) is 13.6. The second-order valence-electron chi connectivity index (χ2n) is 6.76. The molecular formula is C19H27N5O. The first-order valence-corrected chi connectivity index (χ1v) is 8.94. The van der Waals surface area contributed by atoms with Crippen LogP contribution in [0.25, 0.3) is 0 Å². The Morgan fingerprint density at radius 1 is 1.20 bits per heavy atom. The van der Waals surface area contributed by atoms with Gasteiger partial charge in [0.25, 0.3) is 0 Å². The average Bonchev–Trinajstić information content (AvgIpc) is 2.59. The van der Waals surface area contributed by atoms with Gasteiger partial charge in [0.15, 0.2) is 0 Å². The lowest BCUT2D eigenvalue weighted by molar-refractivity contribution is 0.253. The van der Waals surface area contributed by atoms with E-state index in [2.05, 4.69) is 25.2 Å². The van der Waals surface area contributed by atoms with E-state index in [1.54, 1.807) is 6.20 Å². The summed E-state index contributed by atoms with van der Waals surface area (Å²) in [6.45, 7) is 4.17. The standard InChI is InChI=1S/C19H27N5O/c1-14-22-17-7-5-4-6-16(17)19(23-14)21-13-15-8-9-20-18(12-15)25-11-10-24(2)3/h8-9,12H,4-7,10-11,13H2,1-3H3,(H,21,22,23). The fraction of sp³-hybridized carbons (Fsp3) is 0.526. The van der Waals surface area contributed by atoms with Crippen molar-refractivity contribution in [2.24, 2.45) is 0 Å². The Labute approximate surface area is 149 Å². The molecule has 3 rings (SSSR count). The molecule has 0 saturated heterocycles. The molecule has 6 nitrogen and oxygen atoms in total. The second-order valence-corrected chi connectivity index (χ2v) is 6.76. The molecule has 2 aromatic heterocycles. The number of anilines is 1. The Hall–Kier alpha value is -2.21. The molecule has 0 aliphatic heterocycles. The molecule has 1 N–H and O–H groups in total. The number of likely N-dealkylation sites (N-methyl/N-ethyl adjacent to an activating group) is 1. The molecule has 0 saturated carbocycles. The van der Waals surface area contributed by atoms with Gasteiger partial charge in [-0.3, -0.25) is 0 Å². The van der Waals surface area contributed by atoms with E-state index in [0.29, 0.717) is 19.0 Å². The largest absolute Gasteiger partial charge is 0.476 e. The molecule has 2 heterocycles. The highest BCUT2D eigenvalue weighted by atomic mass is 16.5. The van der Waals surface area contributed by atoms with E-state index < -0.39 is 0 Å². The summed E-state index contributed by atoms with van der Waals surface area (Å²) in [5.74, 6) is 2.49. The lowest BCUT2D eigenvalue weighted by Gasteiger charge is -2.19. The van der Waals surface area contributed by atoms with Crippen molar-refractivity contribution in [3.8, 4) is 5.88 Å². The van der Waals surface area contributed by atoms with Crippen molar-refractivity contribution in [3.63, 3.8) is 0 Å². The van der Waals surface area contributed by atoms with E-state index in [9.17, 15) is 0 Å². The molecule has 0 fully saturated rings. The number of nitrogens with zero attached hydrogens (tertiary/aromatic N) is 4. The second kappa shape index (κ2) is 8.25. The van der Waals surface area contributed by atoms with Crippen LogP contribution < -0.4 is 10.1 Å². The number of ether oxygens (including phenoxy) is 1. The average molecular weight is 341 g/mol. The molecule has 2 aromatic rings. The van der Waals surface area contributed by atoms with Crippen LogP contribution in [-0.4, -0.2) is 47.1 Å². The third kappa shape index (κ3) is 4.89. The maximum absolute atomic E-state index is 5.71. The van der Waals surface area contributed by atoms with E-state index in [1.165, 1.54) is 24.1 Å². The van der Waals surface area contributed by atoms with Gasteiger partial charge in [0.1, 0.15) is 18.2 Å². The zero-order chi connectivity index (χ0) is 17.6. The summed E-state index contributed by atoms with van der Waals surface area (Å²) in [6, 6.07) is 4.00. The Bertz CT molecular complexity index is 717. The zero-order valence-corrected chi connectivity index (χ0v) is 15.4. The molecule has 0 aromatic carbocycles. The number of fused-ring (bicyclic) bond motifs is 1. The molecule has 0 atom stereocenters. The number of pyridine rings is 1. The lowest BCUT2D eigenvalue weighted by Crippen LogP contribution is -2.19. The van der Waals surface area contributed by atoms with Gasteiger partial charge in [-0.1, -0.05) is 0 Å². The number of aromatic nitrogens is 3. The number of aryl methyl sites for hydroxylation is 2. The maximum Gasteiger partial charge on any atom is 0.213 e. The molecule has 0 radical (unpaired) electrons. The quantitative estimate of drug-likeness (QED) is 0.835. The molecule has 1 aliphatic rings. The molecule has 25 heavy (non-hydrogen) atoms. The van der Waals surface area contributed by atoms with Crippen LogP contribution in [0.5, 0.6) is 5.88 Å². The Kier molecular flexibility index (Phi) is 5.81. The first kappa shape index (κ1) is 17.6. The van der Waals surface area contributed by atoms with Gasteiger partial charge < -0.3 is 15.0 Å². The van der Waals surface area contributed by atoms with Crippen molar-refractivity contribution < 1.29 is 4.74 Å². The number of rotatable bonds is 7. The van der Waals surface area contributed by atoms with Crippen LogP contribution in [0.1, 0.15) is 35.5 Å². The summed E-state index contributed by atoms with van der Waals surface area (Å²) < 4.78 is 5.71. The third-order valence-electron chi connectivity index (χ3n) is 4.34. The van der Waals surface area contributed by atoms with Crippen LogP contribution in [0.3, 0.4) is 0 Å². The van der Waals surface area contributed by atoms with Crippen molar-refractivity contribution in [1.82, 2.24) is 19.9 Å². The van der Waals surface area contributed by atoms with Gasteiger partial charge >= 0.3 is 0 Å². The number of hydrogen-bond donors (Lipinski definition) is 1. The molecular weight excluding hydrogens is 314 g/mol. The summed E-state index contributed by atoms with van der Waals surface area (Å²) in [5, 5.41) is 3.49. The van der Waals surface area contributed by atoms with Crippen LogP contribution in [0.2, 0.25) is 0 Å². The summed E-state index contributed by atoms with van der Waals surface area (Å²) in [6.07, 6.45) is 6.36. The summed E-state index contributed by atoms with van der Waals surface area (Å²) in [7, 11) is 4.06. The molecule has 0 spiro atoms. The van der Waals surface area contributed by atoms with Gasteiger partial charge in [-0.25, -0.2) is 15.0 Å². The highest BCUT2D eigenvalue weighted by Crippen LogP contribution is 2.25. The van der Waals surface area contributed by atoms with Crippen molar-refractivity contribution >= 4 is 5.82 Å². The highest BCUT2D eigenvalue weighted by molar-refractivity contribution is 5.48. The fourth-order valence-corrected chi connectivity index (χ4v) is 3.02. The van der Waals surface area contributed by atoms with Crippen LogP contribution in [0.4, 0.5) is 5.82 Å². The van der Waals surface area contributed by atoms with E-state index in [1.807, 2.05) is 33.2 Å². The molecule has 6 heteroatoms. The van der Waals surface area contributed by atoms with Crippen molar-refractivity contribution in [2.45, 2.75) is 39.2 Å². The lowest BCUT2D eigenvalue weighted by atomic mass is 9.96. The summed E-state index contributed by atoms with van der Waals surface area (Å²) >= 11 is 0. The van der Waals surface area contributed by atoms with Crippen LogP contribution in [0, 0.1) is 6.92 Å². The van der Waals surface area contributed by atoms with E-state index in [0.717, 1.165) is 36.6 Å². The maximum atomic E-state index is 5.71. The minimum absolute atomic E-state index is 0.634. The van der Waals surface area contributed by atoms with Crippen molar-refractivity contribution in [3.05, 3.63) is 41.0 Å². The molecule has 0 bridgehead atoms. The van der Waals surface area contributed by atoms with Gasteiger partial charge in [0.05, 0.1) is 0 Å². The van der Waals surface area contributed by atoms with E-state index >= 15 is 0 Å². The van der Waals surface area contributed by atoms with Crippen molar-refractivity contribution in [1.29, 1.82) is 0 Å². The molecule has 1 aliphatic carbocycles. The fourth-order valence-electron chi connectivity index (χ4n) is 3.02. The number of nitrogens with one attached hydrogen (secondary N) is 1. The van der Waals surface area contributed by atoms with Crippen LogP contribution in [0.15, 0.2) is 18.3 Å². The smallest absolute Gasteiger partial charge is 0.213 e. The van der Waals surface area contributed by atoms with Gasteiger partial charge in [0, 0.05) is 36.6 Å². The summed E-state index contributed by atoms with van der Waals surface area (Å²) in [4.78, 5) is 15.6. The zero-order valence-electron chi connectivity index (χ0n) is 15.4. The Morgan fingerprint density at radius 3 is 2.88 bits per heavy atom. The molecule has 0 amide bonds. The predicted molar refractivity (Wildman–Crippen MR) is 99.0 cm³/mol. The van der Waals surface area contributed by atoms with Crippen LogP contribution >= 0.6 is 0 Å². The van der Waals surface area contributed by atoms with E-state index in [4.69, 9.17) is 4.74 Å². The first-order chi connectivity index (χ1) is 12.1. The highest BCUT2D eigenvalue weighted by Gasteiger charge is 2.16. The van der Waals surface area contributed by atoms with Gasteiger partial charge in [0.2, 0.25) is 5.88 Å². The van der Waals surface area contributed by atoms with Gasteiger partial charge in [-0.2, -0.15) is 0 Å². The SMILES string of the molecule is Cc1nc2c(c(NCc3ccnc(OCCN(C)C)c3)n1)CCCC2. The first-order valence-electron chi connectivity index (χ1n) is 8.94. The van der Waals surface area contributed by atoms with Gasteiger partial charge in [-0.05, 0) is 58.3 Å². The third-order valence-corrected chi connectivity index (χ3v) is 4.34. The van der Waals surface area contributed by atoms with Crippen molar-refractivity contribution in [2.75, 3.05) is 32.6 Å². The minimum Gasteiger partial charge on any atom is -0.476 e. The number of hydrogen-bond acceptors (Lipinski definition) is 6.